The van der Waals surface area contributed by atoms with Crippen molar-refractivity contribution in [3.05, 3.63) is 40.4 Å². The summed E-state index contributed by atoms with van der Waals surface area (Å²) in [7, 11) is 0. The fraction of sp³-hybridized carbons (Fsp3) is 0.471. The van der Waals surface area contributed by atoms with Gasteiger partial charge in [-0.3, -0.25) is 14.2 Å². The Kier molecular flexibility index (Phi) is 5.50. The summed E-state index contributed by atoms with van der Waals surface area (Å²) >= 11 is 0. The molecule has 0 saturated heterocycles. The molecule has 0 aliphatic rings. The highest BCUT2D eigenvalue weighted by atomic mass is 16.3. The highest BCUT2D eigenvalue weighted by Gasteiger charge is 2.16. The predicted octanol–water partition coefficient (Wildman–Crippen LogP) is 1.23. The molecular weight excluding hydrogens is 294 g/mol. The highest BCUT2D eigenvalue weighted by Crippen LogP contribution is 2.11. The van der Waals surface area contributed by atoms with E-state index in [1.54, 1.807) is 12.1 Å². The van der Waals surface area contributed by atoms with Crippen LogP contribution in [0.4, 0.5) is 0 Å². The summed E-state index contributed by atoms with van der Waals surface area (Å²) in [6.45, 7) is 5.79. The number of fused-ring (bicyclic) bond motifs is 1. The predicted molar refractivity (Wildman–Crippen MR) is 89.2 cm³/mol. The fourth-order valence-corrected chi connectivity index (χ4v) is 2.57. The Labute approximate surface area is 135 Å². The Bertz CT molecular complexity index is 752. The maximum atomic E-state index is 12.5. The van der Waals surface area contributed by atoms with Crippen LogP contribution in [0.25, 0.3) is 10.9 Å². The summed E-state index contributed by atoms with van der Waals surface area (Å²) in [6.07, 6.45) is 1.90. The first-order chi connectivity index (χ1) is 10.9. The van der Waals surface area contributed by atoms with Crippen LogP contribution in [0.1, 0.15) is 25.8 Å². The van der Waals surface area contributed by atoms with Gasteiger partial charge in [0.25, 0.3) is 5.56 Å². The van der Waals surface area contributed by atoms with Crippen LogP contribution in [0, 0.1) is 12.8 Å². The number of aryl methyl sites for hydroxylation is 1. The monoisotopic (exact) mass is 317 g/mol. The Morgan fingerprint density at radius 1 is 1.39 bits per heavy atom. The lowest BCUT2D eigenvalue weighted by Gasteiger charge is -2.21. The van der Waals surface area contributed by atoms with Crippen LogP contribution in [0.2, 0.25) is 0 Å². The summed E-state index contributed by atoms with van der Waals surface area (Å²) in [6, 6.07) is 5.31. The number of nitrogens with one attached hydrogen (secondary N) is 1. The standard InChI is InChI=1S/C17H23N3O3/c1-11(2)14(7-8-21)19-15(22)9-20-10-18-16-12(3)5-4-6-13(16)17(20)23/h4-6,10-11,14,21H,7-9H2,1-3H3,(H,19,22). The van der Waals surface area contributed by atoms with Gasteiger partial charge in [-0.1, -0.05) is 26.0 Å². The van der Waals surface area contributed by atoms with Gasteiger partial charge in [-0.05, 0) is 30.9 Å². The molecule has 0 spiro atoms. The molecule has 1 amide bonds. The lowest BCUT2D eigenvalue weighted by Crippen LogP contribution is -2.42. The Morgan fingerprint density at radius 2 is 2.13 bits per heavy atom. The van der Waals surface area contributed by atoms with Crippen LogP contribution in [-0.4, -0.2) is 33.2 Å². The summed E-state index contributed by atoms with van der Waals surface area (Å²) in [5, 5.41) is 12.4. The Hall–Kier alpha value is -2.21. The van der Waals surface area contributed by atoms with Crippen LogP contribution >= 0.6 is 0 Å². The first-order valence-corrected chi connectivity index (χ1v) is 7.79. The van der Waals surface area contributed by atoms with Crippen molar-refractivity contribution < 1.29 is 9.90 Å². The number of nitrogens with zero attached hydrogens (tertiary/aromatic N) is 2. The minimum atomic E-state index is -0.256. The first kappa shape index (κ1) is 17.1. The smallest absolute Gasteiger partial charge is 0.261 e. The molecule has 0 aliphatic carbocycles. The second kappa shape index (κ2) is 7.37. The van der Waals surface area contributed by atoms with Gasteiger partial charge < -0.3 is 10.4 Å². The van der Waals surface area contributed by atoms with Gasteiger partial charge in [0, 0.05) is 12.6 Å². The number of para-hydroxylation sites is 1. The van der Waals surface area contributed by atoms with Crippen LogP contribution in [0.15, 0.2) is 29.3 Å². The van der Waals surface area contributed by atoms with Gasteiger partial charge in [0.2, 0.25) is 5.91 Å². The fourth-order valence-electron chi connectivity index (χ4n) is 2.57. The van der Waals surface area contributed by atoms with E-state index >= 15 is 0 Å². The van der Waals surface area contributed by atoms with E-state index in [1.165, 1.54) is 10.9 Å². The second-order valence-electron chi connectivity index (χ2n) is 6.08. The summed E-state index contributed by atoms with van der Waals surface area (Å²) < 4.78 is 1.31. The minimum absolute atomic E-state index is 0.0138. The van der Waals surface area contributed by atoms with E-state index in [9.17, 15) is 9.59 Å². The van der Waals surface area contributed by atoms with Gasteiger partial charge in [-0.25, -0.2) is 4.98 Å². The molecule has 2 aromatic rings. The van der Waals surface area contributed by atoms with Crippen molar-refractivity contribution in [2.75, 3.05) is 6.61 Å². The number of aliphatic hydroxyl groups is 1. The zero-order valence-electron chi connectivity index (χ0n) is 13.7. The van der Waals surface area contributed by atoms with Gasteiger partial charge >= 0.3 is 0 Å². The second-order valence-corrected chi connectivity index (χ2v) is 6.08. The number of aromatic nitrogens is 2. The van der Waals surface area contributed by atoms with E-state index < -0.39 is 0 Å². The van der Waals surface area contributed by atoms with Crippen molar-refractivity contribution >= 4 is 16.8 Å². The normalized spacial score (nSPS) is 12.6. The van der Waals surface area contributed by atoms with Crippen molar-refractivity contribution in [1.29, 1.82) is 0 Å². The molecule has 0 aliphatic heterocycles. The summed E-state index contributed by atoms with van der Waals surface area (Å²) in [5.74, 6) is -0.0479. The SMILES string of the molecule is Cc1cccc2c(=O)n(CC(=O)NC(CCO)C(C)C)cnc12. The van der Waals surface area contributed by atoms with Crippen LogP contribution in [-0.2, 0) is 11.3 Å². The molecular formula is C17H23N3O3. The maximum absolute atomic E-state index is 12.5. The van der Waals surface area contributed by atoms with Gasteiger partial charge in [0.15, 0.2) is 0 Å². The van der Waals surface area contributed by atoms with Crippen molar-refractivity contribution in [2.45, 2.75) is 39.8 Å². The van der Waals surface area contributed by atoms with Crippen molar-refractivity contribution in [2.24, 2.45) is 5.92 Å². The number of rotatable bonds is 6. The quantitative estimate of drug-likeness (QED) is 0.839. The van der Waals surface area contributed by atoms with Crippen LogP contribution in [0.5, 0.6) is 0 Å². The van der Waals surface area contributed by atoms with E-state index in [4.69, 9.17) is 5.11 Å². The van der Waals surface area contributed by atoms with Gasteiger partial charge in [-0.15, -0.1) is 0 Å². The van der Waals surface area contributed by atoms with E-state index in [0.29, 0.717) is 17.3 Å². The molecule has 0 fully saturated rings. The average Bonchev–Trinajstić information content (AvgIpc) is 2.50. The third kappa shape index (κ3) is 3.96. The molecule has 0 radical (unpaired) electrons. The van der Waals surface area contributed by atoms with Gasteiger partial charge in [-0.2, -0.15) is 0 Å². The average molecular weight is 317 g/mol. The van der Waals surface area contributed by atoms with E-state index in [2.05, 4.69) is 10.3 Å². The molecule has 1 aromatic carbocycles. The number of hydrogen-bond acceptors (Lipinski definition) is 4. The molecule has 6 heteroatoms. The Balaban J connectivity index is 2.20. The molecule has 6 nitrogen and oxygen atoms in total. The minimum Gasteiger partial charge on any atom is -0.396 e. The summed E-state index contributed by atoms with van der Waals surface area (Å²) in [5.41, 5.74) is 1.37. The zero-order chi connectivity index (χ0) is 17.0. The third-order valence-electron chi connectivity index (χ3n) is 3.96. The molecule has 2 N–H and O–H groups in total. The number of aliphatic hydroxyl groups excluding tert-OH is 1. The molecule has 2 rings (SSSR count). The summed E-state index contributed by atoms with van der Waals surface area (Å²) in [4.78, 5) is 28.9. The molecule has 1 heterocycles. The van der Waals surface area contributed by atoms with E-state index in [0.717, 1.165) is 5.56 Å². The number of amides is 1. The maximum Gasteiger partial charge on any atom is 0.261 e. The topological polar surface area (TPSA) is 84.2 Å². The number of benzene rings is 1. The molecule has 124 valence electrons. The first-order valence-electron chi connectivity index (χ1n) is 7.79. The lowest BCUT2D eigenvalue weighted by molar-refractivity contribution is -0.122. The van der Waals surface area contributed by atoms with Crippen LogP contribution in [0.3, 0.4) is 0 Å². The molecule has 1 atom stereocenters. The molecule has 0 saturated carbocycles. The third-order valence-corrected chi connectivity index (χ3v) is 3.96. The number of carbonyl (C=O) groups is 1. The van der Waals surface area contributed by atoms with Gasteiger partial charge in [0.05, 0.1) is 17.2 Å². The lowest BCUT2D eigenvalue weighted by atomic mass is 10.0. The molecule has 1 unspecified atom stereocenters. The van der Waals surface area contributed by atoms with Crippen molar-refractivity contribution in [1.82, 2.24) is 14.9 Å². The highest BCUT2D eigenvalue weighted by molar-refractivity contribution is 5.81. The van der Waals surface area contributed by atoms with E-state index in [-0.39, 0.29) is 36.6 Å². The zero-order valence-corrected chi connectivity index (χ0v) is 13.7. The molecule has 1 aromatic heterocycles. The number of carbonyl (C=O) groups excluding carboxylic acids is 1. The van der Waals surface area contributed by atoms with Crippen LogP contribution < -0.4 is 10.9 Å². The number of hydrogen-bond donors (Lipinski definition) is 2. The largest absolute Gasteiger partial charge is 0.396 e. The van der Waals surface area contributed by atoms with E-state index in [1.807, 2.05) is 26.8 Å². The van der Waals surface area contributed by atoms with Crippen molar-refractivity contribution in [3.63, 3.8) is 0 Å². The molecule has 23 heavy (non-hydrogen) atoms. The Morgan fingerprint density at radius 3 is 2.78 bits per heavy atom. The van der Waals surface area contributed by atoms with Crippen molar-refractivity contribution in [3.8, 4) is 0 Å². The molecule has 0 bridgehead atoms. The van der Waals surface area contributed by atoms with Gasteiger partial charge in [0.1, 0.15) is 6.54 Å².